The van der Waals surface area contributed by atoms with Gasteiger partial charge in [0, 0.05) is 44.1 Å². The largest absolute Gasteiger partial charge is 0.483 e. The highest BCUT2D eigenvalue weighted by molar-refractivity contribution is 5.65. The molecule has 1 saturated heterocycles. The lowest BCUT2D eigenvalue weighted by Crippen LogP contribution is -2.52. The number of hydrogen-bond acceptors (Lipinski definition) is 8. The second-order valence-electron chi connectivity index (χ2n) is 9.27. The zero-order valence-electron chi connectivity index (χ0n) is 22.9. The van der Waals surface area contributed by atoms with Crippen LogP contribution in [0, 0.1) is 11.3 Å². The first kappa shape index (κ1) is 31.3. The number of nitrogens with one attached hydrogen (secondary N) is 2. The van der Waals surface area contributed by atoms with Gasteiger partial charge in [-0.3, -0.25) is 9.78 Å². The molecular weight excluding hydrogens is 537 g/mol. The fraction of sp³-hybridized carbons (Fsp3) is 0.379. The molecule has 218 valence electrons. The van der Waals surface area contributed by atoms with Crippen molar-refractivity contribution in [1.82, 2.24) is 20.6 Å². The van der Waals surface area contributed by atoms with Gasteiger partial charge >= 0.3 is 6.18 Å². The van der Waals surface area contributed by atoms with Crippen molar-refractivity contribution in [2.75, 3.05) is 44.7 Å². The van der Waals surface area contributed by atoms with E-state index in [4.69, 9.17) is 19.6 Å². The lowest BCUT2D eigenvalue weighted by molar-refractivity contribution is -0.137. The van der Waals surface area contributed by atoms with Crippen LogP contribution in [0.15, 0.2) is 54.9 Å². The Kier molecular flexibility index (Phi) is 11.0. The molecule has 1 fully saturated rings. The van der Waals surface area contributed by atoms with Crippen molar-refractivity contribution in [3.8, 4) is 23.2 Å². The summed E-state index contributed by atoms with van der Waals surface area (Å²) in [4.78, 5) is 19.4. The number of rotatable bonds is 9. The summed E-state index contributed by atoms with van der Waals surface area (Å²) < 4.78 is 45.1. The maximum absolute atomic E-state index is 13.2. The van der Waals surface area contributed by atoms with Crippen LogP contribution >= 0.6 is 0 Å². The third kappa shape index (κ3) is 7.71. The van der Waals surface area contributed by atoms with Crippen LogP contribution in [0.5, 0.6) is 5.88 Å². The van der Waals surface area contributed by atoms with Crippen LogP contribution in [-0.2, 0) is 16.5 Å². The van der Waals surface area contributed by atoms with Crippen LogP contribution in [0.3, 0.4) is 0 Å². The normalized spacial score (nSPS) is 14.4. The number of hydrogen-bond donors (Lipinski definition) is 3. The van der Waals surface area contributed by atoms with Crippen LogP contribution in [0.25, 0.3) is 11.3 Å². The van der Waals surface area contributed by atoms with E-state index in [-0.39, 0.29) is 17.6 Å². The number of halogens is 3. The Hall–Kier alpha value is -4.21. The molecule has 0 spiro atoms. The van der Waals surface area contributed by atoms with E-state index in [0.29, 0.717) is 44.1 Å². The predicted molar refractivity (Wildman–Crippen MR) is 149 cm³/mol. The van der Waals surface area contributed by atoms with E-state index in [2.05, 4.69) is 21.7 Å². The average molecular weight is 571 g/mol. The Morgan fingerprint density at radius 2 is 1.90 bits per heavy atom. The maximum Gasteiger partial charge on any atom is 0.416 e. The molecule has 1 aliphatic rings. The summed E-state index contributed by atoms with van der Waals surface area (Å²) in [5.74, 6) is 0.537. The van der Waals surface area contributed by atoms with E-state index < -0.39 is 11.7 Å². The highest BCUT2D eigenvalue weighted by atomic mass is 19.4. The summed E-state index contributed by atoms with van der Waals surface area (Å²) in [5, 5.41) is 23.3. The molecule has 3 N–H and O–H groups in total. The number of carboxylic acid groups (broad SMARTS) is 1. The standard InChI is InChI=1S/C28H31F3N6O.CH2O2/c1-3-38-26-23(5-4-12-34-26)24-8-6-22(19-35-24)27(36-14-13-33-2)10-15-37(16-11-27)25-9-7-21(28(29,30)31)17-20(25)18-32;2-1-3/h4-9,12,17,19,33,36H,3,10-11,13-16H2,1-2H3;1H,(H,2,3). The first-order valence-corrected chi connectivity index (χ1v) is 13.1. The highest BCUT2D eigenvalue weighted by Gasteiger charge is 2.37. The van der Waals surface area contributed by atoms with E-state index in [1.165, 1.54) is 6.07 Å². The zero-order chi connectivity index (χ0) is 29.9. The molecule has 1 aromatic carbocycles. The number of benzene rings is 1. The van der Waals surface area contributed by atoms with Gasteiger partial charge in [0.25, 0.3) is 6.47 Å². The number of piperidine rings is 1. The van der Waals surface area contributed by atoms with E-state index >= 15 is 0 Å². The molecule has 1 aliphatic heterocycles. The van der Waals surface area contributed by atoms with Crippen molar-refractivity contribution in [3.63, 3.8) is 0 Å². The number of likely N-dealkylation sites (N-methyl/N-ethyl adjacent to an activating group) is 1. The molecule has 0 atom stereocenters. The molecule has 0 unspecified atom stereocenters. The average Bonchev–Trinajstić information content (AvgIpc) is 2.98. The van der Waals surface area contributed by atoms with Crippen LogP contribution in [0.4, 0.5) is 18.9 Å². The Balaban J connectivity index is 0.00000147. The van der Waals surface area contributed by atoms with Crippen LogP contribution < -0.4 is 20.3 Å². The van der Waals surface area contributed by atoms with Crippen LogP contribution in [-0.4, -0.2) is 61.4 Å². The second-order valence-corrected chi connectivity index (χ2v) is 9.27. The molecule has 3 heterocycles. The third-order valence-electron chi connectivity index (χ3n) is 6.88. The van der Waals surface area contributed by atoms with Gasteiger partial charge in [-0.15, -0.1) is 0 Å². The molecular formula is C29H33F3N6O3. The molecule has 4 rings (SSSR count). The SMILES string of the molecule is CCOc1ncccc1-c1ccc(C2(NCCNC)CCN(c3ccc(C(F)(F)F)cc3C#N)CC2)cn1.O=CO. The van der Waals surface area contributed by atoms with E-state index in [0.717, 1.165) is 42.0 Å². The van der Waals surface area contributed by atoms with Gasteiger partial charge in [0.2, 0.25) is 5.88 Å². The molecule has 12 heteroatoms. The fourth-order valence-electron chi connectivity index (χ4n) is 4.88. The summed E-state index contributed by atoms with van der Waals surface area (Å²) in [6.07, 6.45) is 0.461. The van der Waals surface area contributed by atoms with Gasteiger partial charge in [-0.1, -0.05) is 6.07 Å². The maximum atomic E-state index is 13.2. The number of alkyl halides is 3. The lowest BCUT2D eigenvalue weighted by Gasteiger charge is -2.44. The summed E-state index contributed by atoms with van der Waals surface area (Å²) >= 11 is 0. The molecule has 0 amide bonds. The molecule has 9 nitrogen and oxygen atoms in total. The quantitative estimate of drug-likeness (QED) is 0.253. The van der Waals surface area contributed by atoms with Crippen molar-refractivity contribution in [2.45, 2.75) is 31.5 Å². The van der Waals surface area contributed by atoms with Crippen LogP contribution in [0.1, 0.15) is 36.5 Å². The number of carbonyl (C=O) groups is 1. The predicted octanol–water partition coefficient (Wildman–Crippen LogP) is 4.44. The van der Waals surface area contributed by atoms with E-state index in [1.807, 2.05) is 49.3 Å². The van der Waals surface area contributed by atoms with Crippen molar-refractivity contribution in [1.29, 1.82) is 5.26 Å². The second kappa shape index (κ2) is 14.4. The number of pyridine rings is 2. The Bertz CT molecular complexity index is 1320. The third-order valence-corrected chi connectivity index (χ3v) is 6.88. The van der Waals surface area contributed by atoms with Crippen LogP contribution in [0.2, 0.25) is 0 Å². The molecule has 3 aromatic rings. The number of aromatic nitrogens is 2. The molecule has 0 radical (unpaired) electrons. The van der Waals surface area contributed by atoms with Gasteiger partial charge < -0.3 is 25.4 Å². The molecule has 2 aromatic heterocycles. The smallest absolute Gasteiger partial charge is 0.416 e. The van der Waals surface area contributed by atoms with E-state index in [9.17, 15) is 18.4 Å². The molecule has 0 aliphatic carbocycles. The van der Waals surface area contributed by atoms with Crippen molar-refractivity contribution in [3.05, 3.63) is 71.5 Å². The van der Waals surface area contributed by atoms with Crippen molar-refractivity contribution >= 4 is 12.2 Å². The van der Waals surface area contributed by atoms with Crippen molar-refractivity contribution < 1.29 is 27.8 Å². The molecule has 0 bridgehead atoms. The Morgan fingerprint density at radius 1 is 1.17 bits per heavy atom. The van der Waals surface area contributed by atoms with Gasteiger partial charge in [0.15, 0.2) is 0 Å². The number of nitrogens with zero attached hydrogens (tertiary/aromatic N) is 4. The monoisotopic (exact) mass is 570 g/mol. The summed E-state index contributed by atoms with van der Waals surface area (Å²) in [6, 6.07) is 13.1. The molecule has 41 heavy (non-hydrogen) atoms. The van der Waals surface area contributed by atoms with E-state index in [1.54, 1.807) is 6.20 Å². The number of ether oxygens (including phenoxy) is 1. The minimum Gasteiger partial charge on any atom is -0.483 e. The number of nitriles is 1. The fourth-order valence-corrected chi connectivity index (χ4v) is 4.88. The first-order chi connectivity index (χ1) is 19.7. The summed E-state index contributed by atoms with van der Waals surface area (Å²) in [7, 11) is 1.89. The lowest BCUT2D eigenvalue weighted by atomic mass is 9.81. The topological polar surface area (TPSA) is 123 Å². The first-order valence-electron chi connectivity index (χ1n) is 13.1. The van der Waals surface area contributed by atoms with Gasteiger partial charge in [0.1, 0.15) is 6.07 Å². The minimum absolute atomic E-state index is 0.0306. The van der Waals surface area contributed by atoms with Crippen molar-refractivity contribution in [2.24, 2.45) is 0 Å². The Labute approximate surface area is 237 Å². The van der Waals surface area contributed by atoms with Gasteiger partial charge in [-0.2, -0.15) is 18.4 Å². The summed E-state index contributed by atoms with van der Waals surface area (Å²) in [6.45, 7) is 4.83. The highest BCUT2D eigenvalue weighted by Crippen LogP contribution is 2.38. The summed E-state index contributed by atoms with van der Waals surface area (Å²) in [5.41, 5.74) is 1.99. The minimum atomic E-state index is -4.49. The van der Waals surface area contributed by atoms with Gasteiger partial charge in [-0.25, -0.2) is 4.98 Å². The number of anilines is 1. The zero-order valence-corrected chi connectivity index (χ0v) is 22.9. The Morgan fingerprint density at radius 3 is 2.49 bits per heavy atom. The van der Waals surface area contributed by atoms with Gasteiger partial charge in [-0.05, 0) is 68.8 Å². The van der Waals surface area contributed by atoms with Gasteiger partial charge in [0.05, 0.1) is 34.7 Å². The molecule has 0 saturated carbocycles.